The van der Waals surface area contributed by atoms with Crippen LogP contribution in [0.1, 0.15) is 11.1 Å². The number of hydrogen-bond acceptors (Lipinski definition) is 2. The van der Waals surface area contributed by atoms with Gasteiger partial charge < -0.3 is 0 Å². The predicted octanol–water partition coefficient (Wildman–Crippen LogP) is 2.97. The van der Waals surface area contributed by atoms with E-state index in [1.165, 1.54) is 6.07 Å². The summed E-state index contributed by atoms with van der Waals surface area (Å²) >= 11 is 0. The molecular formula is C14H9F2NO. The van der Waals surface area contributed by atoms with Crippen molar-refractivity contribution in [2.45, 2.75) is 12.3 Å². The van der Waals surface area contributed by atoms with Crippen molar-refractivity contribution in [2.24, 2.45) is 0 Å². The van der Waals surface area contributed by atoms with Gasteiger partial charge in [-0.1, -0.05) is 18.2 Å². The molecule has 0 N–H and O–H groups in total. The molecule has 1 heterocycles. The van der Waals surface area contributed by atoms with Crippen molar-refractivity contribution in [3.63, 3.8) is 0 Å². The van der Waals surface area contributed by atoms with Gasteiger partial charge in [-0.25, -0.2) is 0 Å². The van der Waals surface area contributed by atoms with Crippen LogP contribution in [0.5, 0.6) is 0 Å². The first-order chi connectivity index (χ1) is 8.59. The van der Waals surface area contributed by atoms with E-state index in [2.05, 4.69) is 4.98 Å². The maximum Gasteiger partial charge on any atom is 0.331 e. The van der Waals surface area contributed by atoms with Gasteiger partial charge in [-0.05, 0) is 28.8 Å². The van der Waals surface area contributed by atoms with Gasteiger partial charge in [-0.15, -0.1) is 0 Å². The standard InChI is InChI=1S/C14H9F2NO/c15-14(16)12-2-1-10(7-11(12)8-13(14)18)9-3-5-17-6-4-9/h1-7H,8H2. The number of rotatable bonds is 1. The molecular weight excluding hydrogens is 236 g/mol. The average Bonchev–Trinajstić information content (AvgIpc) is 2.61. The van der Waals surface area contributed by atoms with E-state index in [-0.39, 0.29) is 12.0 Å². The normalized spacial score (nSPS) is 16.7. The number of carbonyl (C=O) groups is 1. The Morgan fingerprint density at radius 2 is 1.78 bits per heavy atom. The summed E-state index contributed by atoms with van der Waals surface area (Å²) in [6, 6.07) is 8.22. The molecule has 0 saturated carbocycles. The zero-order chi connectivity index (χ0) is 12.8. The molecule has 1 aliphatic carbocycles. The number of Topliss-reactive ketones (excluding diaryl/α,β-unsaturated/α-hetero) is 1. The highest BCUT2D eigenvalue weighted by molar-refractivity contribution is 5.94. The molecule has 1 aromatic heterocycles. The van der Waals surface area contributed by atoms with E-state index in [0.29, 0.717) is 5.56 Å². The lowest BCUT2D eigenvalue weighted by atomic mass is 10.0. The highest BCUT2D eigenvalue weighted by Gasteiger charge is 2.47. The van der Waals surface area contributed by atoms with Gasteiger partial charge in [-0.3, -0.25) is 9.78 Å². The lowest BCUT2D eigenvalue weighted by Crippen LogP contribution is -2.19. The maximum absolute atomic E-state index is 13.5. The van der Waals surface area contributed by atoms with E-state index in [0.717, 1.165) is 11.1 Å². The van der Waals surface area contributed by atoms with E-state index in [1.54, 1.807) is 36.7 Å². The number of pyridine rings is 1. The molecule has 0 fully saturated rings. The Hall–Kier alpha value is -2.10. The first-order valence-electron chi connectivity index (χ1n) is 5.54. The van der Waals surface area contributed by atoms with Crippen molar-refractivity contribution in [2.75, 3.05) is 0 Å². The summed E-state index contributed by atoms with van der Waals surface area (Å²) in [5.74, 6) is -4.35. The minimum absolute atomic E-state index is 0.162. The second-order valence-electron chi connectivity index (χ2n) is 4.28. The fraction of sp³-hybridized carbons (Fsp3) is 0.143. The van der Waals surface area contributed by atoms with Gasteiger partial charge >= 0.3 is 5.92 Å². The monoisotopic (exact) mass is 245 g/mol. The van der Waals surface area contributed by atoms with Crippen LogP contribution in [0.4, 0.5) is 8.78 Å². The minimum atomic E-state index is -3.33. The molecule has 0 radical (unpaired) electrons. The van der Waals surface area contributed by atoms with Crippen LogP contribution in [0.3, 0.4) is 0 Å². The van der Waals surface area contributed by atoms with Crippen LogP contribution in [0.15, 0.2) is 42.7 Å². The number of carbonyl (C=O) groups excluding carboxylic acids is 1. The molecule has 0 saturated heterocycles. The summed E-state index contributed by atoms with van der Waals surface area (Å²) in [7, 11) is 0. The lowest BCUT2D eigenvalue weighted by Gasteiger charge is -2.09. The number of aromatic nitrogens is 1. The summed E-state index contributed by atoms with van der Waals surface area (Å²) in [5, 5.41) is 0. The molecule has 2 aromatic rings. The molecule has 0 amide bonds. The Morgan fingerprint density at radius 3 is 2.50 bits per heavy atom. The number of nitrogens with zero attached hydrogens (tertiary/aromatic N) is 1. The number of alkyl halides is 2. The van der Waals surface area contributed by atoms with Crippen LogP contribution >= 0.6 is 0 Å². The number of fused-ring (bicyclic) bond motifs is 1. The van der Waals surface area contributed by atoms with Gasteiger partial charge in [0.05, 0.1) is 0 Å². The molecule has 0 spiro atoms. The molecule has 4 heteroatoms. The SMILES string of the molecule is O=C1Cc2cc(-c3ccncc3)ccc2C1(F)F. The molecule has 2 nitrogen and oxygen atoms in total. The molecule has 0 unspecified atom stereocenters. The van der Waals surface area contributed by atoms with Crippen LogP contribution in [-0.2, 0) is 17.1 Å². The van der Waals surface area contributed by atoms with Gasteiger partial charge in [0.2, 0.25) is 5.78 Å². The fourth-order valence-corrected chi connectivity index (χ4v) is 2.20. The zero-order valence-electron chi connectivity index (χ0n) is 9.36. The van der Waals surface area contributed by atoms with E-state index < -0.39 is 11.7 Å². The Kier molecular flexibility index (Phi) is 2.26. The first kappa shape index (κ1) is 11.0. The smallest absolute Gasteiger partial charge is 0.292 e. The summed E-state index contributed by atoms with van der Waals surface area (Å²) in [4.78, 5) is 15.1. The largest absolute Gasteiger partial charge is 0.331 e. The average molecular weight is 245 g/mol. The van der Waals surface area contributed by atoms with E-state index >= 15 is 0 Å². The van der Waals surface area contributed by atoms with Crippen molar-refractivity contribution < 1.29 is 13.6 Å². The van der Waals surface area contributed by atoms with Crippen molar-refractivity contribution in [3.05, 3.63) is 53.9 Å². The van der Waals surface area contributed by atoms with Crippen LogP contribution in [0.25, 0.3) is 11.1 Å². The van der Waals surface area contributed by atoms with Gasteiger partial charge in [-0.2, -0.15) is 8.78 Å². The molecule has 0 bridgehead atoms. The van der Waals surface area contributed by atoms with E-state index in [1.807, 2.05) is 0 Å². The Morgan fingerprint density at radius 1 is 1.06 bits per heavy atom. The highest BCUT2D eigenvalue weighted by Crippen LogP contribution is 2.40. The topological polar surface area (TPSA) is 30.0 Å². The summed E-state index contributed by atoms with van der Waals surface area (Å²) < 4.78 is 27.0. The van der Waals surface area contributed by atoms with Crippen LogP contribution in [0.2, 0.25) is 0 Å². The van der Waals surface area contributed by atoms with Crippen molar-refractivity contribution in [1.29, 1.82) is 0 Å². The summed E-state index contributed by atoms with van der Waals surface area (Å²) in [6.07, 6.45) is 3.09. The molecule has 0 atom stereocenters. The third kappa shape index (κ3) is 1.53. The Balaban J connectivity index is 2.10. The maximum atomic E-state index is 13.5. The lowest BCUT2D eigenvalue weighted by molar-refractivity contribution is -0.141. The van der Waals surface area contributed by atoms with Crippen LogP contribution in [0, 0.1) is 0 Å². The Labute approximate surface area is 102 Å². The van der Waals surface area contributed by atoms with Crippen LogP contribution < -0.4 is 0 Å². The van der Waals surface area contributed by atoms with Crippen molar-refractivity contribution in [1.82, 2.24) is 4.98 Å². The first-order valence-corrected chi connectivity index (χ1v) is 5.54. The quantitative estimate of drug-likeness (QED) is 0.773. The van der Waals surface area contributed by atoms with Gasteiger partial charge in [0, 0.05) is 24.4 Å². The summed E-state index contributed by atoms with van der Waals surface area (Å²) in [5.41, 5.74) is 1.97. The van der Waals surface area contributed by atoms with Gasteiger partial charge in [0.1, 0.15) is 0 Å². The third-order valence-electron chi connectivity index (χ3n) is 3.16. The predicted molar refractivity (Wildman–Crippen MR) is 62.3 cm³/mol. The minimum Gasteiger partial charge on any atom is -0.292 e. The molecule has 0 aliphatic heterocycles. The third-order valence-corrected chi connectivity index (χ3v) is 3.16. The number of hydrogen-bond donors (Lipinski definition) is 0. The van der Waals surface area contributed by atoms with E-state index in [9.17, 15) is 13.6 Å². The molecule has 18 heavy (non-hydrogen) atoms. The second kappa shape index (κ2) is 3.70. The fourth-order valence-electron chi connectivity index (χ4n) is 2.20. The van der Waals surface area contributed by atoms with Crippen LogP contribution in [-0.4, -0.2) is 10.8 Å². The van der Waals surface area contributed by atoms with E-state index in [4.69, 9.17) is 0 Å². The zero-order valence-corrected chi connectivity index (χ0v) is 9.36. The summed E-state index contributed by atoms with van der Waals surface area (Å²) in [6.45, 7) is 0. The Bertz CT molecular complexity index is 623. The molecule has 90 valence electrons. The molecule has 3 rings (SSSR count). The molecule has 1 aliphatic rings. The molecule has 1 aromatic carbocycles. The van der Waals surface area contributed by atoms with Crippen molar-refractivity contribution >= 4 is 5.78 Å². The van der Waals surface area contributed by atoms with Gasteiger partial charge in [0.25, 0.3) is 0 Å². The highest BCUT2D eigenvalue weighted by atomic mass is 19.3. The van der Waals surface area contributed by atoms with Crippen molar-refractivity contribution in [3.8, 4) is 11.1 Å². The number of ketones is 1. The second-order valence-corrected chi connectivity index (χ2v) is 4.28. The number of halogens is 2. The van der Waals surface area contributed by atoms with Gasteiger partial charge in [0.15, 0.2) is 0 Å². The number of benzene rings is 1.